The maximum Gasteiger partial charge on any atom is 0.250 e. The van der Waals surface area contributed by atoms with Crippen molar-refractivity contribution in [2.45, 2.75) is 66.8 Å². The molecule has 186 valence electrons. The summed E-state index contributed by atoms with van der Waals surface area (Å²) in [6, 6.07) is 14.1. The Labute approximate surface area is 220 Å². The van der Waals surface area contributed by atoms with Gasteiger partial charge in [-0.05, 0) is 34.1 Å². The van der Waals surface area contributed by atoms with Crippen LogP contribution in [0.2, 0.25) is 0 Å². The molecular formula is C26H32N4O2S3. The monoisotopic (exact) mass is 528 g/mol. The van der Waals surface area contributed by atoms with E-state index in [0.29, 0.717) is 5.75 Å². The number of nitrogens with one attached hydrogen (secondary N) is 1. The van der Waals surface area contributed by atoms with Gasteiger partial charge >= 0.3 is 0 Å². The first-order valence-electron chi connectivity index (χ1n) is 11.3. The summed E-state index contributed by atoms with van der Waals surface area (Å²) in [7, 11) is 0. The molecule has 0 radical (unpaired) electrons. The van der Waals surface area contributed by atoms with Crippen molar-refractivity contribution in [2.75, 3.05) is 5.75 Å². The van der Waals surface area contributed by atoms with E-state index in [0.717, 1.165) is 31.1 Å². The van der Waals surface area contributed by atoms with Gasteiger partial charge in [-0.1, -0.05) is 107 Å². The van der Waals surface area contributed by atoms with Crippen LogP contribution in [0.15, 0.2) is 56.2 Å². The number of aromatic nitrogens is 2. The van der Waals surface area contributed by atoms with Crippen molar-refractivity contribution in [1.82, 2.24) is 15.6 Å². The van der Waals surface area contributed by atoms with E-state index in [2.05, 4.69) is 74.4 Å². The molecule has 0 aliphatic heterocycles. The Kier molecular flexibility index (Phi) is 9.01. The van der Waals surface area contributed by atoms with E-state index < -0.39 is 0 Å². The van der Waals surface area contributed by atoms with Gasteiger partial charge in [0.2, 0.25) is 0 Å². The maximum absolute atomic E-state index is 12.3. The molecule has 9 heteroatoms. The molecule has 2 N–H and O–H groups in total. The minimum Gasteiger partial charge on any atom is -0.507 e. The molecule has 3 aromatic rings. The van der Waals surface area contributed by atoms with Crippen LogP contribution in [0.1, 0.15) is 63.8 Å². The van der Waals surface area contributed by atoms with E-state index in [9.17, 15) is 9.90 Å². The van der Waals surface area contributed by atoms with Crippen LogP contribution in [-0.4, -0.2) is 33.2 Å². The van der Waals surface area contributed by atoms with E-state index in [1.165, 1.54) is 28.7 Å². The zero-order valence-corrected chi connectivity index (χ0v) is 23.4. The second kappa shape index (κ2) is 11.6. The Hall–Kier alpha value is -2.36. The average molecular weight is 529 g/mol. The van der Waals surface area contributed by atoms with Crippen LogP contribution in [0.25, 0.3) is 0 Å². The molecule has 0 unspecified atom stereocenters. The number of benzene rings is 2. The Morgan fingerprint density at radius 1 is 1.00 bits per heavy atom. The van der Waals surface area contributed by atoms with E-state index >= 15 is 0 Å². The van der Waals surface area contributed by atoms with E-state index in [-0.39, 0.29) is 22.5 Å². The first-order valence-corrected chi connectivity index (χ1v) is 14.0. The lowest BCUT2D eigenvalue weighted by molar-refractivity contribution is -0.118. The Balaban J connectivity index is 1.56. The van der Waals surface area contributed by atoms with Crippen LogP contribution in [0.5, 0.6) is 5.75 Å². The van der Waals surface area contributed by atoms with Gasteiger partial charge < -0.3 is 5.11 Å². The third-order valence-corrected chi connectivity index (χ3v) is 8.33. The molecule has 0 spiro atoms. The molecule has 0 fully saturated rings. The van der Waals surface area contributed by atoms with Gasteiger partial charge in [-0.15, -0.1) is 10.2 Å². The first-order chi connectivity index (χ1) is 16.4. The summed E-state index contributed by atoms with van der Waals surface area (Å²) in [5.41, 5.74) is 5.89. The van der Waals surface area contributed by atoms with Gasteiger partial charge in [0.05, 0.1) is 12.0 Å². The van der Waals surface area contributed by atoms with Gasteiger partial charge in [0, 0.05) is 16.9 Å². The minimum absolute atomic E-state index is 0.200. The summed E-state index contributed by atoms with van der Waals surface area (Å²) in [5.74, 6) is 1.14. The minimum atomic E-state index is -0.228. The molecule has 3 rings (SSSR count). The molecule has 0 aliphatic rings. The van der Waals surface area contributed by atoms with Crippen molar-refractivity contribution in [3.05, 3.63) is 64.7 Å². The summed E-state index contributed by atoms with van der Waals surface area (Å²) in [6.07, 6.45) is 1.62. The molecule has 1 heterocycles. The summed E-state index contributed by atoms with van der Waals surface area (Å²) < 4.78 is 1.63. The predicted molar refractivity (Wildman–Crippen MR) is 148 cm³/mol. The maximum atomic E-state index is 12.3. The molecule has 6 nitrogen and oxygen atoms in total. The van der Waals surface area contributed by atoms with Crippen LogP contribution in [0.3, 0.4) is 0 Å². The largest absolute Gasteiger partial charge is 0.507 e. The molecule has 35 heavy (non-hydrogen) atoms. The van der Waals surface area contributed by atoms with E-state index in [4.69, 9.17) is 0 Å². The third kappa shape index (κ3) is 8.08. The van der Waals surface area contributed by atoms with Gasteiger partial charge in [-0.3, -0.25) is 4.79 Å². The number of phenols is 1. The smallest absolute Gasteiger partial charge is 0.250 e. The molecular weight excluding hydrogens is 497 g/mol. The second-order valence-corrected chi connectivity index (χ2v) is 13.6. The summed E-state index contributed by atoms with van der Waals surface area (Å²) >= 11 is 4.47. The zero-order valence-electron chi connectivity index (χ0n) is 21.0. The van der Waals surface area contributed by atoms with Crippen LogP contribution >= 0.6 is 34.9 Å². The normalized spacial score (nSPS) is 12.3. The van der Waals surface area contributed by atoms with Crippen LogP contribution in [-0.2, 0) is 21.4 Å². The van der Waals surface area contributed by atoms with Crippen molar-refractivity contribution in [3.63, 3.8) is 0 Å². The SMILES string of the molecule is CC(C)(C)c1cc(C=NNC(=O)CSc2nnc(SCc3ccccc3)s2)cc(C(C)(C)C)c1O. The van der Waals surface area contributed by atoms with Gasteiger partial charge in [-0.2, -0.15) is 5.10 Å². The summed E-state index contributed by atoms with van der Waals surface area (Å²) in [6.45, 7) is 12.4. The van der Waals surface area contributed by atoms with Crippen LogP contribution in [0, 0.1) is 0 Å². The van der Waals surface area contributed by atoms with E-state index in [1.807, 2.05) is 30.3 Å². The molecule has 0 atom stereocenters. The molecule has 0 aliphatic carbocycles. The topological polar surface area (TPSA) is 87.5 Å². The van der Waals surface area contributed by atoms with Crippen LogP contribution < -0.4 is 5.43 Å². The molecule has 0 saturated heterocycles. The number of phenolic OH excluding ortho intramolecular Hbond substituents is 1. The quantitative estimate of drug-likeness (QED) is 0.201. The van der Waals surface area contributed by atoms with Crippen molar-refractivity contribution < 1.29 is 9.90 Å². The van der Waals surface area contributed by atoms with Crippen molar-refractivity contribution in [2.24, 2.45) is 5.10 Å². The number of aromatic hydroxyl groups is 1. The Bertz CT molecular complexity index is 1140. The predicted octanol–water partition coefficient (Wildman–Crippen LogP) is 6.37. The van der Waals surface area contributed by atoms with Crippen molar-refractivity contribution in [1.29, 1.82) is 0 Å². The lowest BCUT2D eigenvalue weighted by Gasteiger charge is -2.27. The lowest BCUT2D eigenvalue weighted by atomic mass is 9.78. The van der Waals surface area contributed by atoms with Gasteiger partial charge in [0.1, 0.15) is 5.75 Å². The number of carbonyl (C=O) groups excluding carboxylic acids is 1. The summed E-state index contributed by atoms with van der Waals surface area (Å²) in [5, 5.41) is 23.4. The fraction of sp³-hybridized carbons (Fsp3) is 0.385. The second-order valence-electron chi connectivity index (χ2n) is 10.2. The number of hydrogen-bond acceptors (Lipinski definition) is 8. The Morgan fingerprint density at radius 3 is 2.14 bits per heavy atom. The number of amides is 1. The highest BCUT2D eigenvalue weighted by Gasteiger charge is 2.26. The number of hydrazone groups is 1. The van der Waals surface area contributed by atoms with Gasteiger partial charge in [0.15, 0.2) is 8.68 Å². The third-order valence-electron chi connectivity index (χ3n) is 5.07. The number of carbonyl (C=O) groups is 1. The number of hydrogen-bond donors (Lipinski definition) is 2. The standard InChI is InChI=1S/C26H32N4O2S3/c1-25(2,3)19-12-18(13-20(22(19)32)26(4,5)6)14-27-28-21(31)16-34-24-30-29-23(35-24)33-15-17-10-8-7-9-11-17/h7-14,32H,15-16H2,1-6H3,(H,28,31). The molecule has 1 amide bonds. The molecule has 0 bridgehead atoms. The summed E-state index contributed by atoms with van der Waals surface area (Å²) in [4.78, 5) is 12.3. The fourth-order valence-electron chi connectivity index (χ4n) is 3.25. The number of rotatable bonds is 8. The number of nitrogens with zero attached hydrogens (tertiary/aromatic N) is 3. The lowest BCUT2D eigenvalue weighted by Crippen LogP contribution is -2.20. The molecule has 0 saturated carbocycles. The Morgan fingerprint density at radius 2 is 1.57 bits per heavy atom. The van der Waals surface area contributed by atoms with Gasteiger partial charge in [-0.25, -0.2) is 5.43 Å². The first kappa shape index (κ1) is 27.2. The highest BCUT2D eigenvalue weighted by atomic mass is 32.2. The van der Waals surface area contributed by atoms with Crippen molar-refractivity contribution >= 4 is 47.0 Å². The molecule has 1 aromatic heterocycles. The molecule has 2 aromatic carbocycles. The zero-order chi connectivity index (χ0) is 25.6. The van der Waals surface area contributed by atoms with Crippen molar-refractivity contribution in [3.8, 4) is 5.75 Å². The van der Waals surface area contributed by atoms with Crippen LogP contribution in [0.4, 0.5) is 0 Å². The van der Waals surface area contributed by atoms with Gasteiger partial charge in [0.25, 0.3) is 5.91 Å². The average Bonchev–Trinajstić information content (AvgIpc) is 3.24. The highest BCUT2D eigenvalue weighted by Crippen LogP contribution is 2.39. The number of thioether (sulfide) groups is 2. The fourth-order valence-corrected chi connectivity index (χ4v) is 6.01. The highest BCUT2D eigenvalue weighted by molar-refractivity contribution is 8.03. The van der Waals surface area contributed by atoms with E-state index in [1.54, 1.807) is 18.0 Å².